The molecular weight excluding hydrogens is 286 g/mol. The summed E-state index contributed by atoms with van der Waals surface area (Å²) in [4.78, 5) is 26.3. The van der Waals surface area contributed by atoms with Crippen LogP contribution in [0.1, 0.15) is 52.9 Å². The van der Waals surface area contributed by atoms with Gasteiger partial charge in [-0.25, -0.2) is 0 Å². The van der Waals surface area contributed by atoms with E-state index in [2.05, 4.69) is 17.9 Å². The molecule has 0 radical (unpaired) electrons. The molecule has 2 aliphatic rings. The van der Waals surface area contributed by atoms with Crippen LogP contribution < -0.4 is 0 Å². The molecule has 0 spiro atoms. The monoisotopic (exact) mass is 317 g/mol. The van der Waals surface area contributed by atoms with Gasteiger partial charge in [0.1, 0.15) is 0 Å². The van der Waals surface area contributed by atoms with E-state index in [4.69, 9.17) is 0 Å². The van der Waals surface area contributed by atoms with Crippen molar-refractivity contribution in [3.05, 3.63) is 23.8 Å². The lowest BCUT2D eigenvalue weighted by Crippen LogP contribution is -2.36. The van der Waals surface area contributed by atoms with E-state index in [0.717, 1.165) is 44.5 Å². The molecule has 1 aliphatic carbocycles. The van der Waals surface area contributed by atoms with Gasteiger partial charge in [-0.2, -0.15) is 0 Å². The van der Waals surface area contributed by atoms with Gasteiger partial charge in [0.15, 0.2) is 11.6 Å². The number of carbonyl (C=O) groups is 2. The van der Waals surface area contributed by atoms with Crippen LogP contribution in [0.15, 0.2) is 23.8 Å². The van der Waals surface area contributed by atoms with E-state index in [1.807, 2.05) is 19.9 Å². The Balaban J connectivity index is 1.76. The Morgan fingerprint density at radius 3 is 2.70 bits per heavy atom. The highest BCUT2D eigenvalue weighted by Crippen LogP contribution is 2.28. The van der Waals surface area contributed by atoms with Gasteiger partial charge in [-0.3, -0.25) is 14.5 Å². The summed E-state index contributed by atoms with van der Waals surface area (Å²) in [6.07, 6.45) is 11.3. The van der Waals surface area contributed by atoms with E-state index in [1.54, 1.807) is 6.08 Å². The Labute approximate surface area is 140 Å². The van der Waals surface area contributed by atoms with Gasteiger partial charge in [-0.1, -0.05) is 32.9 Å². The molecule has 128 valence electrons. The summed E-state index contributed by atoms with van der Waals surface area (Å²) in [5.74, 6) is 1.41. The van der Waals surface area contributed by atoms with Gasteiger partial charge < -0.3 is 0 Å². The molecule has 2 unspecified atom stereocenters. The van der Waals surface area contributed by atoms with Gasteiger partial charge in [0, 0.05) is 24.9 Å². The van der Waals surface area contributed by atoms with Crippen LogP contribution in [0.4, 0.5) is 0 Å². The molecule has 1 heterocycles. The van der Waals surface area contributed by atoms with Crippen LogP contribution in [0.2, 0.25) is 0 Å². The number of hydrogen-bond acceptors (Lipinski definition) is 3. The van der Waals surface area contributed by atoms with E-state index in [-0.39, 0.29) is 17.6 Å². The first-order valence-electron chi connectivity index (χ1n) is 9.13. The number of ketones is 2. The van der Waals surface area contributed by atoms with Crippen molar-refractivity contribution >= 4 is 11.6 Å². The van der Waals surface area contributed by atoms with E-state index in [0.29, 0.717) is 11.7 Å². The number of carbonyl (C=O) groups excluding carboxylic acids is 2. The lowest BCUT2D eigenvalue weighted by molar-refractivity contribution is -0.120. The molecule has 2 atom stereocenters. The molecule has 0 aromatic heterocycles. The molecule has 0 N–H and O–H groups in total. The van der Waals surface area contributed by atoms with Crippen LogP contribution in [0.3, 0.4) is 0 Å². The average Bonchev–Trinajstić information content (AvgIpc) is 2.45. The lowest BCUT2D eigenvalue weighted by Gasteiger charge is -2.33. The summed E-state index contributed by atoms with van der Waals surface area (Å²) in [6.45, 7) is 8.95. The summed E-state index contributed by atoms with van der Waals surface area (Å²) in [6, 6.07) is 0. The van der Waals surface area contributed by atoms with Crippen LogP contribution in [-0.2, 0) is 9.59 Å². The maximum absolute atomic E-state index is 12.3. The standard InChI is InChI=1S/C20H31NO2/c1-15(2)19(22)10-6-12-21-11-5-7-17(14-21)13-16(3)20(23)18-8-4-9-18/h6,8,10,15-17H,4-5,7,9,11-14H2,1-3H3/b10-6+. The highest BCUT2D eigenvalue weighted by Gasteiger charge is 2.26. The number of nitrogens with zero attached hydrogens (tertiary/aromatic N) is 1. The summed E-state index contributed by atoms with van der Waals surface area (Å²) in [7, 11) is 0. The topological polar surface area (TPSA) is 37.4 Å². The number of rotatable bonds is 8. The third kappa shape index (κ3) is 5.42. The summed E-state index contributed by atoms with van der Waals surface area (Å²) >= 11 is 0. The Hall–Kier alpha value is -1.22. The Morgan fingerprint density at radius 1 is 1.35 bits per heavy atom. The number of likely N-dealkylation sites (tertiary alicyclic amines) is 1. The zero-order valence-corrected chi connectivity index (χ0v) is 14.9. The molecule has 1 fully saturated rings. The van der Waals surface area contributed by atoms with Crippen LogP contribution in [0.5, 0.6) is 0 Å². The molecule has 0 aromatic rings. The highest BCUT2D eigenvalue weighted by atomic mass is 16.1. The quantitative estimate of drug-likeness (QED) is 0.639. The summed E-state index contributed by atoms with van der Waals surface area (Å²) < 4.78 is 0. The smallest absolute Gasteiger partial charge is 0.161 e. The van der Waals surface area contributed by atoms with Gasteiger partial charge >= 0.3 is 0 Å². The number of Topliss-reactive ketones (excluding diaryl/α,β-unsaturated/α-hetero) is 1. The van der Waals surface area contributed by atoms with Crippen molar-refractivity contribution in [3.8, 4) is 0 Å². The molecule has 3 heteroatoms. The molecule has 0 bridgehead atoms. The predicted molar refractivity (Wildman–Crippen MR) is 94.3 cm³/mol. The number of allylic oxidation sites excluding steroid dienone is 3. The van der Waals surface area contributed by atoms with Crippen molar-refractivity contribution in [2.75, 3.05) is 19.6 Å². The molecule has 0 amide bonds. The van der Waals surface area contributed by atoms with Crippen molar-refractivity contribution in [2.45, 2.75) is 52.9 Å². The molecular formula is C20H31NO2. The fourth-order valence-electron chi connectivity index (χ4n) is 3.46. The fraction of sp³-hybridized carbons (Fsp3) is 0.700. The maximum atomic E-state index is 12.3. The zero-order chi connectivity index (χ0) is 16.8. The SMILES string of the molecule is CC(C)C(=O)/C=C/CN1CCCC(CC(C)C(=O)C2=CCC2)C1. The van der Waals surface area contributed by atoms with E-state index in [9.17, 15) is 9.59 Å². The average molecular weight is 317 g/mol. The minimum Gasteiger partial charge on any atom is -0.299 e. The second-order valence-corrected chi connectivity index (χ2v) is 7.50. The summed E-state index contributed by atoms with van der Waals surface area (Å²) in [5.41, 5.74) is 1.06. The third-order valence-electron chi connectivity index (χ3n) is 5.07. The second kappa shape index (κ2) is 8.58. The first kappa shape index (κ1) is 18.1. The van der Waals surface area contributed by atoms with Crippen molar-refractivity contribution in [1.82, 2.24) is 4.90 Å². The second-order valence-electron chi connectivity index (χ2n) is 7.50. The molecule has 2 rings (SSSR count). The van der Waals surface area contributed by atoms with Crippen LogP contribution >= 0.6 is 0 Å². The molecule has 1 aliphatic heterocycles. The van der Waals surface area contributed by atoms with Crippen molar-refractivity contribution in [1.29, 1.82) is 0 Å². The van der Waals surface area contributed by atoms with Gasteiger partial charge in [-0.05, 0) is 56.2 Å². The zero-order valence-electron chi connectivity index (χ0n) is 14.9. The van der Waals surface area contributed by atoms with Crippen molar-refractivity contribution in [3.63, 3.8) is 0 Å². The van der Waals surface area contributed by atoms with Gasteiger partial charge in [0.2, 0.25) is 0 Å². The predicted octanol–water partition coefficient (Wildman–Crippen LogP) is 3.80. The largest absolute Gasteiger partial charge is 0.299 e. The Morgan fingerprint density at radius 2 is 2.09 bits per heavy atom. The normalized spacial score (nSPS) is 23.7. The van der Waals surface area contributed by atoms with Crippen molar-refractivity contribution < 1.29 is 9.59 Å². The summed E-state index contributed by atoms with van der Waals surface area (Å²) in [5, 5.41) is 0. The van der Waals surface area contributed by atoms with Gasteiger partial charge in [-0.15, -0.1) is 0 Å². The molecule has 1 saturated heterocycles. The number of hydrogen-bond donors (Lipinski definition) is 0. The van der Waals surface area contributed by atoms with Crippen LogP contribution in [0, 0.1) is 17.8 Å². The van der Waals surface area contributed by atoms with E-state index >= 15 is 0 Å². The molecule has 0 aromatic carbocycles. The van der Waals surface area contributed by atoms with Crippen molar-refractivity contribution in [2.24, 2.45) is 17.8 Å². The fourth-order valence-corrected chi connectivity index (χ4v) is 3.46. The minimum atomic E-state index is 0.0769. The first-order valence-corrected chi connectivity index (χ1v) is 9.13. The lowest BCUT2D eigenvalue weighted by atomic mass is 9.82. The maximum Gasteiger partial charge on any atom is 0.161 e. The highest BCUT2D eigenvalue weighted by molar-refractivity contribution is 5.98. The minimum absolute atomic E-state index is 0.0769. The Bertz CT molecular complexity index is 490. The van der Waals surface area contributed by atoms with E-state index in [1.165, 1.54) is 12.8 Å². The van der Waals surface area contributed by atoms with E-state index < -0.39 is 0 Å². The number of piperidine rings is 1. The molecule has 23 heavy (non-hydrogen) atoms. The molecule has 0 saturated carbocycles. The Kier molecular flexibility index (Phi) is 6.76. The third-order valence-corrected chi connectivity index (χ3v) is 5.07. The van der Waals surface area contributed by atoms with Gasteiger partial charge in [0.25, 0.3) is 0 Å². The van der Waals surface area contributed by atoms with Gasteiger partial charge in [0.05, 0.1) is 0 Å². The molecule has 3 nitrogen and oxygen atoms in total. The van der Waals surface area contributed by atoms with Crippen LogP contribution in [-0.4, -0.2) is 36.1 Å². The first-order chi connectivity index (χ1) is 11.0. The van der Waals surface area contributed by atoms with Crippen LogP contribution in [0.25, 0.3) is 0 Å².